The Labute approximate surface area is 106 Å². The number of aliphatic hydroxyl groups excluding tert-OH is 1. The van der Waals surface area contributed by atoms with Crippen molar-refractivity contribution in [3.8, 4) is 0 Å². The standard InChI is InChI=1S/C13H22F3NO/c1-2-7-17(9-3-4-9)12-8-10(18)5-6-11(12)13(14,15)16/h9-12,18H,2-8H2,1H3. The van der Waals surface area contributed by atoms with Gasteiger partial charge in [-0.3, -0.25) is 4.90 Å². The zero-order valence-electron chi connectivity index (χ0n) is 10.8. The highest BCUT2D eigenvalue weighted by atomic mass is 19.4. The molecule has 5 heteroatoms. The molecular formula is C13H22F3NO. The van der Waals surface area contributed by atoms with Crippen molar-refractivity contribution in [2.24, 2.45) is 5.92 Å². The van der Waals surface area contributed by atoms with E-state index in [0.717, 1.165) is 19.3 Å². The van der Waals surface area contributed by atoms with E-state index in [-0.39, 0.29) is 19.3 Å². The van der Waals surface area contributed by atoms with E-state index < -0.39 is 24.2 Å². The van der Waals surface area contributed by atoms with Crippen LogP contribution in [0.4, 0.5) is 13.2 Å². The summed E-state index contributed by atoms with van der Waals surface area (Å²) in [5, 5.41) is 9.69. The molecule has 2 nitrogen and oxygen atoms in total. The summed E-state index contributed by atoms with van der Waals surface area (Å²) < 4.78 is 39.3. The smallest absolute Gasteiger partial charge is 0.393 e. The lowest BCUT2D eigenvalue weighted by Crippen LogP contribution is -2.51. The predicted octanol–water partition coefficient (Wildman–Crippen LogP) is 2.95. The van der Waals surface area contributed by atoms with E-state index in [2.05, 4.69) is 0 Å². The summed E-state index contributed by atoms with van der Waals surface area (Å²) in [7, 11) is 0. The van der Waals surface area contributed by atoms with Gasteiger partial charge in [0, 0.05) is 12.1 Å². The highest BCUT2D eigenvalue weighted by Crippen LogP contribution is 2.43. The number of nitrogens with zero attached hydrogens (tertiary/aromatic N) is 1. The molecule has 0 aromatic carbocycles. The van der Waals surface area contributed by atoms with Gasteiger partial charge in [0.15, 0.2) is 0 Å². The van der Waals surface area contributed by atoms with Crippen LogP contribution in [-0.2, 0) is 0 Å². The van der Waals surface area contributed by atoms with Crippen molar-refractivity contribution in [3.05, 3.63) is 0 Å². The Kier molecular flexibility index (Phi) is 4.22. The quantitative estimate of drug-likeness (QED) is 0.844. The Morgan fingerprint density at radius 3 is 2.33 bits per heavy atom. The molecular weight excluding hydrogens is 243 g/mol. The second-order valence-electron chi connectivity index (χ2n) is 5.65. The molecule has 0 aromatic heterocycles. The summed E-state index contributed by atoms with van der Waals surface area (Å²) in [4.78, 5) is 2.01. The van der Waals surface area contributed by atoms with Gasteiger partial charge in [0.2, 0.25) is 0 Å². The van der Waals surface area contributed by atoms with Crippen molar-refractivity contribution in [1.82, 2.24) is 4.90 Å². The molecule has 0 saturated heterocycles. The van der Waals surface area contributed by atoms with Crippen molar-refractivity contribution in [2.75, 3.05) is 6.54 Å². The van der Waals surface area contributed by atoms with Crippen molar-refractivity contribution < 1.29 is 18.3 Å². The fourth-order valence-electron chi connectivity index (χ4n) is 3.16. The highest BCUT2D eigenvalue weighted by molar-refractivity contribution is 4.96. The summed E-state index contributed by atoms with van der Waals surface area (Å²) in [6.07, 6.45) is -1.17. The van der Waals surface area contributed by atoms with Crippen molar-refractivity contribution in [2.45, 2.75) is 69.8 Å². The zero-order chi connectivity index (χ0) is 13.3. The van der Waals surface area contributed by atoms with Crippen LogP contribution in [0, 0.1) is 5.92 Å². The Bertz CT molecular complexity index is 278. The molecule has 2 aliphatic carbocycles. The lowest BCUT2D eigenvalue weighted by molar-refractivity contribution is -0.205. The molecule has 106 valence electrons. The van der Waals surface area contributed by atoms with Gasteiger partial charge >= 0.3 is 6.18 Å². The largest absolute Gasteiger partial charge is 0.393 e. The van der Waals surface area contributed by atoms with Crippen LogP contribution >= 0.6 is 0 Å². The van der Waals surface area contributed by atoms with Gasteiger partial charge < -0.3 is 5.11 Å². The van der Waals surface area contributed by atoms with Crippen LogP contribution in [-0.4, -0.2) is 40.9 Å². The lowest BCUT2D eigenvalue weighted by Gasteiger charge is -2.42. The molecule has 0 spiro atoms. The van der Waals surface area contributed by atoms with Crippen LogP contribution in [0.25, 0.3) is 0 Å². The highest BCUT2D eigenvalue weighted by Gasteiger charge is 2.50. The minimum absolute atomic E-state index is 0.0717. The molecule has 0 amide bonds. The SMILES string of the molecule is CCCN(C1CC1)C1CC(O)CCC1C(F)(F)F. The second-order valence-corrected chi connectivity index (χ2v) is 5.65. The Hall–Kier alpha value is -0.290. The number of hydrogen-bond acceptors (Lipinski definition) is 2. The zero-order valence-corrected chi connectivity index (χ0v) is 10.8. The number of rotatable bonds is 4. The molecule has 0 radical (unpaired) electrons. The first kappa shape index (κ1) is 14.1. The van der Waals surface area contributed by atoms with Gasteiger partial charge in [-0.15, -0.1) is 0 Å². The molecule has 0 heterocycles. The average Bonchev–Trinajstić information content (AvgIpc) is 3.07. The summed E-state index contributed by atoms with van der Waals surface area (Å²) in [6, 6.07) is -0.189. The maximum atomic E-state index is 13.1. The van der Waals surface area contributed by atoms with E-state index in [4.69, 9.17) is 0 Å². The Morgan fingerprint density at radius 1 is 1.17 bits per heavy atom. The summed E-state index contributed by atoms with van der Waals surface area (Å²) >= 11 is 0. The summed E-state index contributed by atoms with van der Waals surface area (Å²) in [5.41, 5.74) is 0. The molecule has 3 atom stereocenters. The maximum Gasteiger partial charge on any atom is 0.393 e. The van der Waals surface area contributed by atoms with Crippen LogP contribution in [0.15, 0.2) is 0 Å². The maximum absolute atomic E-state index is 13.1. The molecule has 0 aromatic rings. The molecule has 1 N–H and O–H groups in total. The van der Waals surface area contributed by atoms with Gasteiger partial charge in [0.25, 0.3) is 0 Å². The first-order chi connectivity index (χ1) is 8.43. The fraction of sp³-hybridized carbons (Fsp3) is 1.00. The number of alkyl halides is 3. The van der Waals surface area contributed by atoms with Crippen LogP contribution in [0.1, 0.15) is 45.4 Å². The van der Waals surface area contributed by atoms with E-state index in [1.165, 1.54) is 0 Å². The molecule has 2 rings (SSSR count). The third-order valence-corrected chi connectivity index (χ3v) is 4.13. The van der Waals surface area contributed by atoms with Gasteiger partial charge in [0.05, 0.1) is 12.0 Å². The summed E-state index contributed by atoms with van der Waals surface area (Å²) in [5.74, 6) is -1.26. The molecule has 2 saturated carbocycles. The first-order valence-electron chi connectivity index (χ1n) is 6.94. The molecule has 2 fully saturated rings. The van der Waals surface area contributed by atoms with Gasteiger partial charge in [-0.2, -0.15) is 13.2 Å². The van der Waals surface area contributed by atoms with Gasteiger partial charge in [-0.1, -0.05) is 6.92 Å². The minimum atomic E-state index is -4.13. The lowest BCUT2D eigenvalue weighted by atomic mass is 9.81. The topological polar surface area (TPSA) is 23.5 Å². The molecule has 0 aliphatic heterocycles. The number of aliphatic hydroxyl groups is 1. The Morgan fingerprint density at radius 2 is 1.83 bits per heavy atom. The Balaban J connectivity index is 2.12. The first-order valence-corrected chi connectivity index (χ1v) is 6.94. The average molecular weight is 265 g/mol. The number of halogens is 3. The van der Waals surface area contributed by atoms with Crippen LogP contribution < -0.4 is 0 Å². The van der Waals surface area contributed by atoms with E-state index in [9.17, 15) is 18.3 Å². The van der Waals surface area contributed by atoms with Crippen molar-refractivity contribution >= 4 is 0 Å². The van der Waals surface area contributed by atoms with Gasteiger partial charge in [-0.25, -0.2) is 0 Å². The van der Waals surface area contributed by atoms with E-state index in [0.29, 0.717) is 12.6 Å². The number of hydrogen-bond donors (Lipinski definition) is 1. The third-order valence-electron chi connectivity index (χ3n) is 4.13. The van der Waals surface area contributed by atoms with Crippen molar-refractivity contribution in [3.63, 3.8) is 0 Å². The predicted molar refractivity (Wildman–Crippen MR) is 63.2 cm³/mol. The molecule has 2 aliphatic rings. The van der Waals surface area contributed by atoms with E-state index in [1.54, 1.807) is 0 Å². The monoisotopic (exact) mass is 265 g/mol. The fourth-order valence-corrected chi connectivity index (χ4v) is 3.16. The van der Waals surface area contributed by atoms with Crippen LogP contribution in [0.3, 0.4) is 0 Å². The van der Waals surface area contributed by atoms with Crippen LogP contribution in [0.2, 0.25) is 0 Å². The van der Waals surface area contributed by atoms with Crippen LogP contribution in [0.5, 0.6) is 0 Å². The second kappa shape index (κ2) is 5.37. The normalized spacial score (nSPS) is 34.0. The summed E-state index contributed by atoms with van der Waals surface area (Å²) in [6.45, 7) is 2.71. The van der Waals surface area contributed by atoms with Crippen molar-refractivity contribution in [1.29, 1.82) is 0 Å². The molecule has 0 bridgehead atoms. The van der Waals surface area contributed by atoms with Gasteiger partial charge in [-0.05, 0) is 45.1 Å². The van der Waals surface area contributed by atoms with Gasteiger partial charge in [0.1, 0.15) is 0 Å². The van der Waals surface area contributed by atoms with E-state index in [1.807, 2.05) is 11.8 Å². The molecule has 18 heavy (non-hydrogen) atoms. The third kappa shape index (κ3) is 3.18. The molecule has 3 unspecified atom stereocenters. The minimum Gasteiger partial charge on any atom is -0.393 e. The van der Waals surface area contributed by atoms with E-state index >= 15 is 0 Å².